The molecule has 0 bridgehead atoms. The van der Waals surface area contributed by atoms with Crippen LogP contribution in [0, 0.1) is 11.3 Å². The molecule has 7 N–H and O–H groups in total. The highest BCUT2D eigenvalue weighted by Gasteiger charge is 2.51. The number of rotatable bonds is 4. The summed E-state index contributed by atoms with van der Waals surface area (Å²) in [6, 6.07) is 0. The normalized spacial score (nSPS) is 47.8. The van der Waals surface area contributed by atoms with Crippen molar-refractivity contribution in [1.29, 1.82) is 0 Å². The van der Waals surface area contributed by atoms with Crippen molar-refractivity contribution in [3.05, 3.63) is 0 Å². The van der Waals surface area contributed by atoms with Gasteiger partial charge in [0, 0.05) is 12.5 Å². The number of aliphatic hydroxyl groups excluding tert-OH is 7. The molecule has 1 aliphatic heterocycles. The third kappa shape index (κ3) is 4.21. The van der Waals surface area contributed by atoms with Crippen molar-refractivity contribution in [1.82, 2.24) is 0 Å². The van der Waals surface area contributed by atoms with Crippen molar-refractivity contribution < 1.29 is 45.2 Å². The molecular formula is C17H32O9. The Hall–Kier alpha value is -0.360. The van der Waals surface area contributed by atoms with Crippen LogP contribution in [0.15, 0.2) is 0 Å². The molecule has 26 heavy (non-hydrogen) atoms. The zero-order chi connectivity index (χ0) is 19.8. The van der Waals surface area contributed by atoms with Crippen LogP contribution in [-0.2, 0) is 9.47 Å². The number of hydrogen-bond acceptors (Lipinski definition) is 9. The van der Waals surface area contributed by atoms with E-state index in [0.717, 1.165) is 0 Å². The molecule has 2 fully saturated rings. The van der Waals surface area contributed by atoms with Crippen molar-refractivity contribution in [2.75, 3.05) is 13.2 Å². The number of ether oxygens (including phenoxy) is 2. The van der Waals surface area contributed by atoms with Crippen LogP contribution in [0.4, 0.5) is 0 Å². The second-order valence-corrected chi connectivity index (χ2v) is 8.41. The molecule has 1 heterocycles. The van der Waals surface area contributed by atoms with Gasteiger partial charge >= 0.3 is 0 Å². The monoisotopic (exact) mass is 380 g/mol. The first-order valence-corrected chi connectivity index (χ1v) is 8.95. The van der Waals surface area contributed by atoms with Crippen LogP contribution < -0.4 is 0 Å². The predicted octanol–water partition coefficient (Wildman–Crippen LogP) is -2.64. The molecule has 1 saturated carbocycles. The second kappa shape index (κ2) is 8.34. The molecule has 0 aromatic rings. The van der Waals surface area contributed by atoms with Gasteiger partial charge in [0.1, 0.15) is 36.6 Å². The van der Waals surface area contributed by atoms with E-state index in [9.17, 15) is 35.7 Å². The van der Waals surface area contributed by atoms with Crippen LogP contribution in [0.2, 0.25) is 0 Å². The molecule has 0 spiro atoms. The first-order valence-electron chi connectivity index (χ1n) is 8.95. The van der Waals surface area contributed by atoms with Crippen molar-refractivity contribution in [2.45, 2.75) is 82.1 Å². The fourth-order valence-corrected chi connectivity index (χ4v) is 3.77. The maximum atomic E-state index is 10.5. The van der Waals surface area contributed by atoms with E-state index in [-0.39, 0.29) is 6.42 Å². The van der Waals surface area contributed by atoms with Crippen molar-refractivity contribution in [3.63, 3.8) is 0 Å². The smallest absolute Gasteiger partial charge is 0.115 e. The Bertz CT molecular complexity index is 450. The molecule has 0 aromatic carbocycles. The molecule has 2 aliphatic rings. The lowest BCUT2D eigenvalue weighted by molar-refractivity contribution is -0.285. The summed E-state index contributed by atoms with van der Waals surface area (Å²) in [6.45, 7) is 4.61. The van der Waals surface area contributed by atoms with Crippen molar-refractivity contribution in [3.8, 4) is 0 Å². The first kappa shape index (κ1) is 21.9. The third-order valence-corrected chi connectivity index (χ3v) is 5.38. The Balaban J connectivity index is 2.16. The van der Waals surface area contributed by atoms with Crippen LogP contribution in [0.25, 0.3) is 0 Å². The summed E-state index contributed by atoms with van der Waals surface area (Å²) in [7, 11) is 0. The summed E-state index contributed by atoms with van der Waals surface area (Å²) in [5, 5.41) is 69.9. The molecule has 9 heteroatoms. The quantitative estimate of drug-likeness (QED) is 0.277. The Labute approximate surface area is 152 Å². The largest absolute Gasteiger partial charge is 0.396 e. The van der Waals surface area contributed by atoms with E-state index in [2.05, 4.69) is 0 Å². The average molecular weight is 380 g/mol. The SMILES string of the molecule is CC(C)(C)[C@@H]1O[C@H](CO)[C@@H](OC2C[C@H](CO)[C@@H](O)[C@H](O)[C@H]2O)[C@H](O)[C@H]1O. The molecule has 10 atom stereocenters. The third-order valence-electron chi connectivity index (χ3n) is 5.38. The van der Waals surface area contributed by atoms with Gasteiger partial charge in [-0.1, -0.05) is 20.8 Å². The van der Waals surface area contributed by atoms with Gasteiger partial charge in [-0.05, 0) is 11.8 Å². The Morgan fingerprint density at radius 3 is 1.96 bits per heavy atom. The zero-order valence-electron chi connectivity index (χ0n) is 15.3. The first-order chi connectivity index (χ1) is 12.0. The maximum Gasteiger partial charge on any atom is 0.115 e. The zero-order valence-corrected chi connectivity index (χ0v) is 15.3. The highest BCUT2D eigenvalue weighted by atomic mass is 16.6. The molecule has 0 amide bonds. The van der Waals surface area contributed by atoms with E-state index in [4.69, 9.17) is 9.47 Å². The minimum Gasteiger partial charge on any atom is -0.396 e. The standard InChI is InChI=1S/C17H32O9/c1-17(2,3)16-14(24)13(23)15(9(6-19)26-16)25-8-4-7(5-18)10(20)12(22)11(8)21/h7-16,18-24H,4-6H2,1-3H3/t7-,8?,9-,10-,11+,12+,13-,14-,15-,16-/m1/s1. The molecule has 0 aromatic heterocycles. The Morgan fingerprint density at radius 2 is 1.46 bits per heavy atom. The lowest BCUT2D eigenvalue weighted by Gasteiger charge is -2.49. The summed E-state index contributed by atoms with van der Waals surface area (Å²) in [5.41, 5.74) is -0.495. The van der Waals surface area contributed by atoms with E-state index < -0.39 is 79.5 Å². The van der Waals surface area contributed by atoms with Crippen LogP contribution >= 0.6 is 0 Å². The Morgan fingerprint density at radius 1 is 0.846 bits per heavy atom. The van der Waals surface area contributed by atoms with Gasteiger partial charge in [-0.2, -0.15) is 0 Å². The van der Waals surface area contributed by atoms with Crippen LogP contribution in [0.1, 0.15) is 27.2 Å². The summed E-state index contributed by atoms with van der Waals surface area (Å²) in [6.07, 6.45) is -10.7. The predicted molar refractivity (Wildman–Crippen MR) is 89.1 cm³/mol. The van der Waals surface area contributed by atoms with Gasteiger partial charge in [0.25, 0.3) is 0 Å². The van der Waals surface area contributed by atoms with Crippen molar-refractivity contribution in [2.24, 2.45) is 11.3 Å². The van der Waals surface area contributed by atoms with E-state index in [1.165, 1.54) is 0 Å². The van der Waals surface area contributed by atoms with E-state index in [1.54, 1.807) is 0 Å². The van der Waals surface area contributed by atoms with Gasteiger partial charge < -0.3 is 45.2 Å². The highest BCUT2D eigenvalue weighted by Crippen LogP contribution is 2.36. The molecule has 1 saturated heterocycles. The topological polar surface area (TPSA) is 160 Å². The van der Waals surface area contributed by atoms with E-state index in [0.29, 0.717) is 0 Å². The fourth-order valence-electron chi connectivity index (χ4n) is 3.77. The van der Waals surface area contributed by atoms with Gasteiger partial charge in [0.15, 0.2) is 0 Å². The maximum absolute atomic E-state index is 10.5. The molecular weight excluding hydrogens is 348 g/mol. The van der Waals surface area contributed by atoms with Gasteiger partial charge in [-0.25, -0.2) is 0 Å². The van der Waals surface area contributed by atoms with Crippen LogP contribution in [0.5, 0.6) is 0 Å². The van der Waals surface area contributed by atoms with Gasteiger partial charge in [-0.3, -0.25) is 0 Å². The summed E-state index contributed by atoms with van der Waals surface area (Å²) < 4.78 is 11.5. The molecule has 2 rings (SSSR count). The fraction of sp³-hybridized carbons (Fsp3) is 1.00. The van der Waals surface area contributed by atoms with Gasteiger partial charge in [0.2, 0.25) is 0 Å². The molecule has 154 valence electrons. The summed E-state index contributed by atoms with van der Waals surface area (Å²) in [4.78, 5) is 0. The minimum absolute atomic E-state index is 0.0378. The lowest BCUT2D eigenvalue weighted by atomic mass is 9.79. The highest BCUT2D eigenvalue weighted by molar-refractivity contribution is 4.99. The molecule has 1 aliphatic carbocycles. The molecule has 1 unspecified atom stereocenters. The second-order valence-electron chi connectivity index (χ2n) is 8.41. The molecule has 0 radical (unpaired) electrons. The van der Waals surface area contributed by atoms with Gasteiger partial charge in [-0.15, -0.1) is 0 Å². The molecule has 9 nitrogen and oxygen atoms in total. The van der Waals surface area contributed by atoms with Gasteiger partial charge in [0.05, 0.1) is 24.9 Å². The summed E-state index contributed by atoms with van der Waals surface area (Å²) in [5.74, 6) is -0.708. The van der Waals surface area contributed by atoms with E-state index in [1.807, 2.05) is 20.8 Å². The Kier molecular flexibility index (Phi) is 7.03. The minimum atomic E-state index is -1.52. The van der Waals surface area contributed by atoms with Crippen LogP contribution in [0.3, 0.4) is 0 Å². The number of aliphatic hydroxyl groups is 7. The average Bonchev–Trinajstić information content (AvgIpc) is 2.58. The van der Waals surface area contributed by atoms with Crippen molar-refractivity contribution >= 4 is 0 Å². The van der Waals surface area contributed by atoms with Crippen LogP contribution in [-0.4, -0.2) is 104 Å². The summed E-state index contributed by atoms with van der Waals surface area (Å²) >= 11 is 0. The van der Waals surface area contributed by atoms with E-state index >= 15 is 0 Å². The lowest BCUT2D eigenvalue weighted by Crippen LogP contribution is -2.64. The number of hydrogen-bond donors (Lipinski definition) is 7.